The van der Waals surface area contributed by atoms with Gasteiger partial charge in [0.1, 0.15) is 23.0 Å². The minimum absolute atomic E-state index is 0.239. The molecule has 0 aliphatic carbocycles. The molecular formula is C19H21FN4O2. The second-order valence-corrected chi connectivity index (χ2v) is 6.87. The highest BCUT2D eigenvalue weighted by atomic mass is 19.1. The molecule has 1 aromatic carbocycles. The summed E-state index contributed by atoms with van der Waals surface area (Å²) in [5.74, 6) is 1.40. The van der Waals surface area contributed by atoms with E-state index in [0.717, 1.165) is 35.7 Å². The molecule has 1 aliphatic heterocycles. The van der Waals surface area contributed by atoms with Gasteiger partial charge < -0.3 is 9.52 Å². The topological polar surface area (TPSA) is 67.3 Å². The van der Waals surface area contributed by atoms with E-state index < -0.39 is 6.10 Å². The number of hydrogen-bond donors (Lipinski definition) is 1. The Labute approximate surface area is 150 Å². The van der Waals surface area contributed by atoms with E-state index in [0.29, 0.717) is 12.2 Å². The van der Waals surface area contributed by atoms with E-state index in [4.69, 9.17) is 4.42 Å². The lowest BCUT2D eigenvalue weighted by Crippen LogP contribution is -2.47. The Bertz CT molecular complexity index is 912. The Morgan fingerprint density at radius 1 is 1.31 bits per heavy atom. The van der Waals surface area contributed by atoms with Crippen LogP contribution in [0.25, 0.3) is 11.3 Å². The first-order valence-electron chi connectivity index (χ1n) is 8.67. The fraction of sp³-hybridized carbons (Fsp3) is 0.368. The fourth-order valence-electron chi connectivity index (χ4n) is 3.23. The zero-order chi connectivity index (χ0) is 18.3. The Balaban J connectivity index is 1.37. The molecule has 1 N–H and O–H groups in total. The highest BCUT2D eigenvalue weighted by Crippen LogP contribution is 2.28. The number of rotatable bonds is 5. The van der Waals surface area contributed by atoms with Crippen LogP contribution in [0.15, 0.2) is 40.9 Å². The zero-order valence-electron chi connectivity index (χ0n) is 14.8. The van der Waals surface area contributed by atoms with Crippen LogP contribution in [0.4, 0.5) is 4.39 Å². The maximum atomic E-state index is 13.3. The lowest BCUT2D eigenvalue weighted by atomic mass is 10.1. The smallest absolute Gasteiger partial charge is 0.134 e. The lowest BCUT2D eigenvalue weighted by Gasteiger charge is -2.38. The van der Waals surface area contributed by atoms with Crippen LogP contribution >= 0.6 is 0 Å². The molecule has 1 atom stereocenters. The third-order valence-electron chi connectivity index (χ3n) is 4.76. The van der Waals surface area contributed by atoms with Crippen LogP contribution in [-0.4, -0.2) is 38.1 Å². The average molecular weight is 356 g/mol. The highest BCUT2D eigenvalue weighted by Gasteiger charge is 2.30. The van der Waals surface area contributed by atoms with E-state index in [1.807, 2.05) is 23.7 Å². The van der Waals surface area contributed by atoms with Gasteiger partial charge in [-0.3, -0.25) is 4.90 Å². The van der Waals surface area contributed by atoms with Gasteiger partial charge in [0, 0.05) is 18.7 Å². The summed E-state index contributed by atoms with van der Waals surface area (Å²) in [5.41, 5.74) is 2.36. The van der Waals surface area contributed by atoms with Gasteiger partial charge in [-0.2, -0.15) is 0 Å². The van der Waals surface area contributed by atoms with Gasteiger partial charge in [0.2, 0.25) is 0 Å². The molecule has 0 radical (unpaired) electrons. The maximum Gasteiger partial charge on any atom is 0.134 e. The molecule has 6 nitrogen and oxygen atoms in total. The second kappa shape index (κ2) is 6.66. The summed E-state index contributed by atoms with van der Waals surface area (Å²) < 4.78 is 21.0. The number of likely N-dealkylation sites (tertiary alicyclic amines) is 1. The number of benzene rings is 1. The van der Waals surface area contributed by atoms with Gasteiger partial charge >= 0.3 is 0 Å². The third-order valence-corrected chi connectivity index (χ3v) is 4.76. The Morgan fingerprint density at radius 2 is 2.12 bits per heavy atom. The molecule has 2 aromatic heterocycles. The van der Waals surface area contributed by atoms with Crippen molar-refractivity contribution in [2.45, 2.75) is 32.5 Å². The van der Waals surface area contributed by atoms with Crippen molar-refractivity contribution in [1.29, 1.82) is 0 Å². The third kappa shape index (κ3) is 3.27. The average Bonchev–Trinajstić information content (AvgIpc) is 3.20. The minimum atomic E-state index is -0.601. The minimum Gasteiger partial charge on any atom is -0.460 e. The van der Waals surface area contributed by atoms with Gasteiger partial charge in [0.25, 0.3) is 0 Å². The summed E-state index contributed by atoms with van der Waals surface area (Å²) in [6.07, 6.45) is 1.20. The van der Waals surface area contributed by atoms with Crippen molar-refractivity contribution in [2.75, 3.05) is 13.1 Å². The van der Waals surface area contributed by atoms with Crippen LogP contribution < -0.4 is 0 Å². The standard InChI is InChI=1S/C19H21FN4O2/c1-12-7-14(20)3-5-17(12)19-6-4-16(26-19)10-23-8-15(9-23)24-11-18(13(2)25)21-22-24/h3-7,11,13,15,25H,8-10H2,1-2H3. The maximum absolute atomic E-state index is 13.3. The van der Waals surface area contributed by atoms with Crippen molar-refractivity contribution in [3.8, 4) is 11.3 Å². The van der Waals surface area contributed by atoms with Crippen LogP contribution in [0.2, 0.25) is 0 Å². The highest BCUT2D eigenvalue weighted by molar-refractivity contribution is 5.62. The predicted molar refractivity (Wildman–Crippen MR) is 93.8 cm³/mol. The molecule has 3 aromatic rings. The molecule has 3 heterocycles. The number of aryl methyl sites for hydroxylation is 1. The number of halogens is 1. The van der Waals surface area contributed by atoms with E-state index in [9.17, 15) is 9.50 Å². The van der Waals surface area contributed by atoms with Crippen molar-refractivity contribution in [3.63, 3.8) is 0 Å². The molecular weight excluding hydrogens is 335 g/mol. The summed E-state index contributed by atoms with van der Waals surface area (Å²) in [6.45, 7) is 5.98. The summed E-state index contributed by atoms with van der Waals surface area (Å²) in [5, 5.41) is 17.6. The van der Waals surface area contributed by atoms with Crippen molar-refractivity contribution in [1.82, 2.24) is 19.9 Å². The second-order valence-electron chi connectivity index (χ2n) is 6.87. The molecule has 0 amide bonds. The Hall–Kier alpha value is -2.51. The van der Waals surface area contributed by atoms with Crippen LogP contribution in [0, 0.1) is 12.7 Å². The normalized spacial score (nSPS) is 16.6. The summed E-state index contributed by atoms with van der Waals surface area (Å²) in [6, 6.07) is 8.87. The molecule has 7 heteroatoms. The first kappa shape index (κ1) is 16.9. The van der Waals surface area contributed by atoms with Crippen LogP contribution in [0.3, 0.4) is 0 Å². The largest absolute Gasteiger partial charge is 0.460 e. The number of aromatic nitrogens is 3. The number of aliphatic hydroxyl groups excluding tert-OH is 1. The molecule has 1 saturated heterocycles. The predicted octanol–water partition coefficient (Wildman–Crippen LogP) is 3.10. The van der Waals surface area contributed by atoms with Gasteiger partial charge in [-0.25, -0.2) is 9.07 Å². The molecule has 0 bridgehead atoms. The van der Waals surface area contributed by atoms with Crippen molar-refractivity contribution < 1.29 is 13.9 Å². The van der Waals surface area contributed by atoms with E-state index in [2.05, 4.69) is 15.2 Å². The SMILES string of the molecule is Cc1cc(F)ccc1-c1ccc(CN2CC(n3cc(C(C)O)nn3)C2)o1. The van der Waals surface area contributed by atoms with Gasteiger partial charge in [0.15, 0.2) is 0 Å². The van der Waals surface area contributed by atoms with Gasteiger partial charge in [-0.05, 0) is 49.7 Å². The molecule has 0 saturated carbocycles. The number of hydrogen-bond acceptors (Lipinski definition) is 5. The van der Waals surface area contributed by atoms with E-state index >= 15 is 0 Å². The van der Waals surface area contributed by atoms with Crippen LogP contribution in [0.5, 0.6) is 0 Å². The molecule has 4 rings (SSSR count). The van der Waals surface area contributed by atoms with Crippen LogP contribution in [0.1, 0.15) is 36.1 Å². The van der Waals surface area contributed by atoms with Gasteiger partial charge in [0.05, 0.1) is 24.9 Å². The molecule has 136 valence electrons. The number of furan rings is 1. The summed E-state index contributed by atoms with van der Waals surface area (Å²) >= 11 is 0. The van der Waals surface area contributed by atoms with E-state index in [1.165, 1.54) is 12.1 Å². The fourth-order valence-corrected chi connectivity index (χ4v) is 3.23. The Morgan fingerprint density at radius 3 is 2.81 bits per heavy atom. The quantitative estimate of drug-likeness (QED) is 0.761. The lowest BCUT2D eigenvalue weighted by molar-refractivity contribution is 0.0824. The van der Waals surface area contributed by atoms with Gasteiger partial charge in [-0.1, -0.05) is 5.21 Å². The summed E-state index contributed by atoms with van der Waals surface area (Å²) in [7, 11) is 0. The van der Waals surface area contributed by atoms with Gasteiger partial charge in [-0.15, -0.1) is 5.10 Å². The van der Waals surface area contributed by atoms with E-state index in [1.54, 1.807) is 19.2 Å². The first-order valence-corrected chi connectivity index (χ1v) is 8.67. The monoisotopic (exact) mass is 356 g/mol. The van der Waals surface area contributed by atoms with E-state index in [-0.39, 0.29) is 11.9 Å². The van der Waals surface area contributed by atoms with Crippen molar-refractivity contribution in [3.05, 3.63) is 59.4 Å². The number of nitrogens with zero attached hydrogens (tertiary/aromatic N) is 4. The zero-order valence-corrected chi connectivity index (χ0v) is 14.8. The summed E-state index contributed by atoms with van der Waals surface area (Å²) in [4.78, 5) is 2.26. The molecule has 1 fully saturated rings. The van der Waals surface area contributed by atoms with Crippen LogP contribution in [-0.2, 0) is 6.54 Å². The molecule has 1 aliphatic rings. The number of aliphatic hydroxyl groups is 1. The first-order chi connectivity index (χ1) is 12.5. The van der Waals surface area contributed by atoms with Crippen molar-refractivity contribution in [2.24, 2.45) is 0 Å². The van der Waals surface area contributed by atoms with Crippen molar-refractivity contribution >= 4 is 0 Å². The molecule has 26 heavy (non-hydrogen) atoms. The molecule has 0 spiro atoms. The Kier molecular flexibility index (Phi) is 4.34. The molecule has 1 unspecified atom stereocenters.